The predicted octanol–water partition coefficient (Wildman–Crippen LogP) is 1.42. The van der Waals surface area contributed by atoms with Crippen LogP contribution in [0, 0.1) is 6.92 Å². The molecule has 2 heterocycles. The molecule has 0 spiro atoms. The molecular weight excluding hydrogens is 206 g/mol. The van der Waals surface area contributed by atoms with Crippen LogP contribution in [0.1, 0.15) is 23.5 Å². The standard InChI is InChI=1S/C11H19N3S/c1-9-8-15-11(13-9)4-6-14-5-2-3-10(12)7-14/h8,10H,2-7,12H2,1H3. The lowest BCUT2D eigenvalue weighted by atomic mass is 10.1. The van der Waals surface area contributed by atoms with Crippen LogP contribution in [0.3, 0.4) is 0 Å². The molecule has 0 aliphatic carbocycles. The van der Waals surface area contributed by atoms with Gasteiger partial charge < -0.3 is 10.6 Å². The zero-order valence-corrected chi connectivity index (χ0v) is 10.1. The fourth-order valence-electron chi connectivity index (χ4n) is 2.07. The summed E-state index contributed by atoms with van der Waals surface area (Å²) in [5.74, 6) is 0. The van der Waals surface area contributed by atoms with Crippen molar-refractivity contribution in [2.45, 2.75) is 32.2 Å². The van der Waals surface area contributed by atoms with E-state index in [0.29, 0.717) is 6.04 Å². The highest BCUT2D eigenvalue weighted by molar-refractivity contribution is 7.09. The molecule has 1 aliphatic rings. The largest absolute Gasteiger partial charge is 0.327 e. The van der Waals surface area contributed by atoms with E-state index in [2.05, 4.69) is 22.2 Å². The molecule has 1 aromatic rings. The van der Waals surface area contributed by atoms with Crippen LogP contribution < -0.4 is 5.73 Å². The first-order valence-electron chi connectivity index (χ1n) is 5.63. The third-order valence-electron chi connectivity index (χ3n) is 2.85. The van der Waals surface area contributed by atoms with Gasteiger partial charge in [0, 0.05) is 36.6 Å². The van der Waals surface area contributed by atoms with E-state index >= 15 is 0 Å². The van der Waals surface area contributed by atoms with Crippen LogP contribution in [-0.2, 0) is 6.42 Å². The van der Waals surface area contributed by atoms with Crippen molar-refractivity contribution >= 4 is 11.3 Å². The van der Waals surface area contributed by atoms with Gasteiger partial charge in [-0.3, -0.25) is 0 Å². The number of nitrogens with zero attached hydrogens (tertiary/aromatic N) is 2. The smallest absolute Gasteiger partial charge is 0.0940 e. The Labute approximate surface area is 95.3 Å². The van der Waals surface area contributed by atoms with Crippen molar-refractivity contribution in [1.29, 1.82) is 0 Å². The van der Waals surface area contributed by atoms with Gasteiger partial charge in [0.05, 0.1) is 5.01 Å². The molecule has 84 valence electrons. The van der Waals surface area contributed by atoms with Crippen LogP contribution in [0.5, 0.6) is 0 Å². The van der Waals surface area contributed by atoms with E-state index in [1.165, 1.54) is 24.4 Å². The maximum absolute atomic E-state index is 5.94. The van der Waals surface area contributed by atoms with E-state index in [4.69, 9.17) is 5.73 Å². The molecule has 1 saturated heterocycles. The number of thiazole rings is 1. The topological polar surface area (TPSA) is 42.1 Å². The average Bonchev–Trinajstić information content (AvgIpc) is 2.62. The molecular formula is C11H19N3S. The molecule has 3 nitrogen and oxygen atoms in total. The van der Waals surface area contributed by atoms with Crippen LogP contribution >= 0.6 is 11.3 Å². The maximum Gasteiger partial charge on any atom is 0.0940 e. The summed E-state index contributed by atoms with van der Waals surface area (Å²) in [5, 5.41) is 3.38. The van der Waals surface area contributed by atoms with Gasteiger partial charge >= 0.3 is 0 Å². The van der Waals surface area contributed by atoms with Gasteiger partial charge in [-0.15, -0.1) is 11.3 Å². The van der Waals surface area contributed by atoms with Crippen LogP contribution in [0.2, 0.25) is 0 Å². The first kappa shape index (κ1) is 11.0. The summed E-state index contributed by atoms with van der Waals surface area (Å²) in [4.78, 5) is 6.94. The molecule has 4 heteroatoms. The average molecular weight is 225 g/mol. The first-order valence-corrected chi connectivity index (χ1v) is 6.51. The van der Waals surface area contributed by atoms with Gasteiger partial charge in [-0.25, -0.2) is 4.98 Å². The zero-order chi connectivity index (χ0) is 10.7. The van der Waals surface area contributed by atoms with Gasteiger partial charge in [0.1, 0.15) is 0 Å². The highest BCUT2D eigenvalue weighted by atomic mass is 32.1. The van der Waals surface area contributed by atoms with Gasteiger partial charge in [0.2, 0.25) is 0 Å². The van der Waals surface area contributed by atoms with Crippen molar-refractivity contribution in [3.8, 4) is 0 Å². The van der Waals surface area contributed by atoms with E-state index < -0.39 is 0 Å². The number of hydrogen-bond donors (Lipinski definition) is 1. The number of aryl methyl sites for hydroxylation is 1. The molecule has 0 bridgehead atoms. The monoisotopic (exact) mass is 225 g/mol. The van der Waals surface area contributed by atoms with E-state index in [1.807, 2.05) is 0 Å². The highest BCUT2D eigenvalue weighted by Gasteiger charge is 2.16. The number of piperidine rings is 1. The Bertz CT molecular complexity index is 311. The Morgan fingerprint density at radius 1 is 1.67 bits per heavy atom. The fourth-order valence-corrected chi connectivity index (χ4v) is 2.83. The minimum Gasteiger partial charge on any atom is -0.327 e. The molecule has 0 aromatic carbocycles. The van der Waals surface area contributed by atoms with Crippen molar-refractivity contribution in [2.75, 3.05) is 19.6 Å². The summed E-state index contributed by atoms with van der Waals surface area (Å²) in [6, 6.07) is 0.386. The lowest BCUT2D eigenvalue weighted by molar-refractivity contribution is 0.211. The summed E-state index contributed by atoms with van der Waals surface area (Å²) in [5.41, 5.74) is 7.09. The highest BCUT2D eigenvalue weighted by Crippen LogP contribution is 2.12. The lowest BCUT2D eigenvalue weighted by Gasteiger charge is -2.30. The Balaban J connectivity index is 1.77. The molecule has 1 fully saturated rings. The fraction of sp³-hybridized carbons (Fsp3) is 0.727. The second-order valence-corrected chi connectivity index (χ2v) is 5.28. The molecule has 0 saturated carbocycles. The Kier molecular flexibility index (Phi) is 3.72. The quantitative estimate of drug-likeness (QED) is 0.846. The van der Waals surface area contributed by atoms with Gasteiger partial charge in [-0.2, -0.15) is 0 Å². The molecule has 2 N–H and O–H groups in total. The molecule has 1 unspecified atom stereocenters. The van der Waals surface area contributed by atoms with Crippen LogP contribution in [0.15, 0.2) is 5.38 Å². The first-order chi connectivity index (χ1) is 7.24. The molecule has 0 amide bonds. The molecule has 1 atom stereocenters. The number of nitrogens with two attached hydrogens (primary N) is 1. The van der Waals surface area contributed by atoms with Gasteiger partial charge in [-0.1, -0.05) is 0 Å². The van der Waals surface area contributed by atoms with Crippen LogP contribution in [-0.4, -0.2) is 35.6 Å². The Morgan fingerprint density at radius 3 is 3.20 bits per heavy atom. The minimum atomic E-state index is 0.386. The molecule has 1 aromatic heterocycles. The van der Waals surface area contributed by atoms with E-state index in [0.717, 1.165) is 25.2 Å². The molecule has 15 heavy (non-hydrogen) atoms. The summed E-state index contributed by atoms with van der Waals surface area (Å²) >= 11 is 1.77. The molecule has 1 aliphatic heterocycles. The Hall–Kier alpha value is -0.450. The normalized spacial score (nSPS) is 23.2. The van der Waals surface area contributed by atoms with Gasteiger partial charge in [-0.05, 0) is 26.3 Å². The van der Waals surface area contributed by atoms with Crippen molar-refractivity contribution in [3.63, 3.8) is 0 Å². The predicted molar refractivity (Wildman–Crippen MR) is 64.2 cm³/mol. The lowest BCUT2D eigenvalue weighted by Crippen LogP contribution is -2.43. The number of rotatable bonds is 3. The number of likely N-dealkylation sites (tertiary alicyclic amines) is 1. The SMILES string of the molecule is Cc1csc(CCN2CCCC(N)C2)n1. The van der Waals surface area contributed by atoms with E-state index in [1.54, 1.807) is 11.3 Å². The van der Waals surface area contributed by atoms with Gasteiger partial charge in [0.15, 0.2) is 0 Å². The number of hydrogen-bond acceptors (Lipinski definition) is 4. The minimum absolute atomic E-state index is 0.386. The van der Waals surface area contributed by atoms with E-state index in [9.17, 15) is 0 Å². The zero-order valence-electron chi connectivity index (χ0n) is 9.28. The molecule has 0 radical (unpaired) electrons. The summed E-state index contributed by atoms with van der Waals surface area (Å²) < 4.78 is 0. The summed E-state index contributed by atoms with van der Waals surface area (Å²) in [7, 11) is 0. The summed E-state index contributed by atoms with van der Waals surface area (Å²) in [6.07, 6.45) is 3.51. The number of aromatic nitrogens is 1. The Morgan fingerprint density at radius 2 is 2.53 bits per heavy atom. The maximum atomic E-state index is 5.94. The van der Waals surface area contributed by atoms with Crippen LogP contribution in [0.25, 0.3) is 0 Å². The molecule has 2 rings (SSSR count). The van der Waals surface area contributed by atoms with E-state index in [-0.39, 0.29) is 0 Å². The van der Waals surface area contributed by atoms with Crippen molar-refractivity contribution < 1.29 is 0 Å². The third-order valence-corrected chi connectivity index (χ3v) is 3.88. The van der Waals surface area contributed by atoms with Crippen molar-refractivity contribution in [2.24, 2.45) is 5.73 Å². The van der Waals surface area contributed by atoms with Crippen molar-refractivity contribution in [3.05, 3.63) is 16.1 Å². The van der Waals surface area contributed by atoms with Crippen molar-refractivity contribution in [1.82, 2.24) is 9.88 Å². The van der Waals surface area contributed by atoms with Gasteiger partial charge in [0.25, 0.3) is 0 Å². The second kappa shape index (κ2) is 5.05. The van der Waals surface area contributed by atoms with Crippen LogP contribution in [0.4, 0.5) is 0 Å². The third kappa shape index (κ3) is 3.26. The second-order valence-electron chi connectivity index (χ2n) is 4.34. The summed E-state index contributed by atoms with van der Waals surface area (Å²) in [6.45, 7) is 5.43.